The van der Waals surface area contributed by atoms with Crippen molar-refractivity contribution in [1.82, 2.24) is 4.90 Å². The van der Waals surface area contributed by atoms with Crippen LogP contribution in [0.5, 0.6) is 0 Å². The summed E-state index contributed by atoms with van der Waals surface area (Å²) in [7, 11) is 0. The van der Waals surface area contributed by atoms with E-state index < -0.39 is 0 Å². The Morgan fingerprint density at radius 1 is 1.67 bits per heavy atom. The van der Waals surface area contributed by atoms with E-state index in [9.17, 15) is 0 Å². The van der Waals surface area contributed by atoms with Gasteiger partial charge in [0.05, 0.1) is 12.1 Å². The normalized spacial score (nSPS) is 26.9. The summed E-state index contributed by atoms with van der Waals surface area (Å²) < 4.78 is 0. The van der Waals surface area contributed by atoms with Gasteiger partial charge >= 0.3 is 0 Å². The number of rotatable bonds is 3. The first-order chi connectivity index (χ1) is 5.77. The standard InChI is InChI=1S/C10H18N2/c1-3-4-10-5-6-12(8-10)9(2)7-11/h9-10H,3-6,8H2,1-2H3. The minimum Gasteiger partial charge on any atom is -0.288 e. The Bertz CT molecular complexity index is 171. The lowest BCUT2D eigenvalue weighted by molar-refractivity contribution is 0.290. The van der Waals surface area contributed by atoms with Gasteiger partial charge in [0.25, 0.3) is 0 Å². The van der Waals surface area contributed by atoms with Crippen LogP contribution < -0.4 is 0 Å². The summed E-state index contributed by atoms with van der Waals surface area (Å²) in [5, 5.41) is 8.72. The highest BCUT2D eigenvalue weighted by atomic mass is 15.2. The van der Waals surface area contributed by atoms with E-state index >= 15 is 0 Å². The van der Waals surface area contributed by atoms with Crippen LogP contribution in [0.25, 0.3) is 0 Å². The molecule has 1 rings (SSSR count). The molecule has 2 atom stereocenters. The summed E-state index contributed by atoms with van der Waals surface area (Å²) in [4.78, 5) is 2.29. The van der Waals surface area contributed by atoms with Crippen molar-refractivity contribution in [2.45, 2.75) is 39.2 Å². The van der Waals surface area contributed by atoms with E-state index in [1.807, 2.05) is 6.92 Å². The SMILES string of the molecule is CCCC1CCN(C(C)C#N)C1. The largest absolute Gasteiger partial charge is 0.288 e. The Morgan fingerprint density at radius 3 is 3.00 bits per heavy atom. The predicted octanol–water partition coefficient (Wildman–Crippen LogP) is 2.02. The molecule has 0 radical (unpaired) electrons. The summed E-state index contributed by atoms with van der Waals surface area (Å²) >= 11 is 0. The monoisotopic (exact) mass is 166 g/mol. The first-order valence-corrected chi connectivity index (χ1v) is 4.91. The van der Waals surface area contributed by atoms with Crippen molar-refractivity contribution < 1.29 is 0 Å². The van der Waals surface area contributed by atoms with E-state index in [0.717, 1.165) is 19.0 Å². The van der Waals surface area contributed by atoms with Gasteiger partial charge in [0.2, 0.25) is 0 Å². The van der Waals surface area contributed by atoms with Gasteiger partial charge in [0.15, 0.2) is 0 Å². The van der Waals surface area contributed by atoms with Crippen molar-refractivity contribution >= 4 is 0 Å². The Kier molecular flexibility index (Phi) is 3.55. The third-order valence-corrected chi connectivity index (χ3v) is 2.75. The molecule has 12 heavy (non-hydrogen) atoms. The van der Waals surface area contributed by atoms with Crippen LogP contribution in [0, 0.1) is 17.2 Å². The van der Waals surface area contributed by atoms with Gasteiger partial charge in [-0.3, -0.25) is 4.90 Å². The fourth-order valence-corrected chi connectivity index (χ4v) is 1.94. The minimum absolute atomic E-state index is 0.117. The molecule has 0 N–H and O–H groups in total. The Hall–Kier alpha value is -0.550. The molecule has 0 aromatic carbocycles. The Morgan fingerprint density at radius 2 is 2.42 bits per heavy atom. The van der Waals surface area contributed by atoms with Gasteiger partial charge in [-0.15, -0.1) is 0 Å². The number of hydrogen-bond donors (Lipinski definition) is 0. The van der Waals surface area contributed by atoms with Gasteiger partial charge in [-0.1, -0.05) is 13.3 Å². The molecule has 2 nitrogen and oxygen atoms in total. The molecule has 1 aliphatic rings. The molecule has 0 spiro atoms. The van der Waals surface area contributed by atoms with E-state index in [1.54, 1.807) is 0 Å². The van der Waals surface area contributed by atoms with Gasteiger partial charge in [-0.05, 0) is 32.2 Å². The number of hydrogen-bond acceptors (Lipinski definition) is 2. The highest BCUT2D eigenvalue weighted by Gasteiger charge is 2.24. The lowest BCUT2D eigenvalue weighted by Crippen LogP contribution is -2.29. The predicted molar refractivity (Wildman–Crippen MR) is 49.7 cm³/mol. The van der Waals surface area contributed by atoms with Crippen LogP contribution >= 0.6 is 0 Å². The smallest absolute Gasteiger partial charge is 0.0949 e. The van der Waals surface area contributed by atoms with Crippen molar-refractivity contribution in [2.24, 2.45) is 5.92 Å². The second kappa shape index (κ2) is 4.47. The second-order valence-electron chi connectivity index (χ2n) is 3.74. The fraction of sp³-hybridized carbons (Fsp3) is 0.900. The van der Waals surface area contributed by atoms with Gasteiger partial charge in [-0.2, -0.15) is 5.26 Å². The molecule has 0 bridgehead atoms. The average molecular weight is 166 g/mol. The third-order valence-electron chi connectivity index (χ3n) is 2.75. The summed E-state index contributed by atoms with van der Waals surface area (Å²) in [5.41, 5.74) is 0. The molecule has 0 aromatic rings. The summed E-state index contributed by atoms with van der Waals surface area (Å²) in [6.07, 6.45) is 3.90. The molecular weight excluding hydrogens is 148 g/mol. The van der Waals surface area contributed by atoms with Crippen LogP contribution in [0.3, 0.4) is 0 Å². The number of nitrogens with zero attached hydrogens (tertiary/aromatic N) is 2. The fourth-order valence-electron chi connectivity index (χ4n) is 1.94. The molecule has 1 aliphatic heterocycles. The average Bonchev–Trinajstić information content (AvgIpc) is 2.52. The van der Waals surface area contributed by atoms with Crippen LogP contribution in [-0.2, 0) is 0 Å². The second-order valence-corrected chi connectivity index (χ2v) is 3.74. The molecular formula is C10H18N2. The van der Waals surface area contributed by atoms with Gasteiger partial charge < -0.3 is 0 Å². The van der Waals surface area contributed by atoms with Crippen LogP contribution in [0.2, 0.25) is 0 Å². The van der Waals surface area contributed by atoms with Crippen molar-refractivity contribution in [1.29, 1.82) is 5.26 Å². The summed E-state index contributed by atoms with van der Waals surface area (Å²) in [5.74, 6) is 0.853. The molecule has 1 saturated heterocycles. The van der Waals surface area contributed by atoms with Crippen molar-refractivity contribution in [3.8, 4) is 6.07 Å². The molecule has 0 aromatic heterocycles. The van der Waals surface area contributed by atoms with Crippen molar-refractivity contribution in [3.05, 3.63) is 0 Å². The Balaban J connectivity index is 2.31. The van der Waals surface area contributed by atoms with E-state index in [4.69, 9.17) is 5.26 Å². The molecule has 1 heterocycles. The Labute approximate surface area is 75.2 Å². The van der Waals surface area contributed by atoms with Crippen molar-refractivity contribution in [2.75, 3.05) is 13.1 Å². The quantitative estimate of drug-likeness (QED) is 0.641. The van der Waals surface area contributed by atoms with Gasteiger partial charge in [-0.25, -0.2) is 0 Å². The zero-order valence-electron chi connectivity index (χ0n) is 8.08. The molecule has 68 valence electrons. The molecule has 0 amide bonds. The maximum absolute atomic E-state index is 8.72. The number of likely N-dealkylation sites (tertiary alicyclic amines) is 1. The first kappa shape index (κ1) is 9.54. The van der Waals surface area contributed by atoms with Crippen molar-refractivity contribution in [3.63, 3.8) is 0 Å². The van der Waals surface area contributed by atoms with E-state index in [1.165, 1.54) is 19.3 Å². The third kappa shape index (κ3) is 2.22. The lowest BCUT2D eigenvalue weighted by Gasteiger charge is -2.17. The maximum Gasteiger partial charge on any atom is 0.0949 e. The van der Waals surface area contributed by atoms with E-state index in [2.05, 4.69) is 17.9 Å². The van der Waals surface area contributed by atoms with E-state index in [0.29, 0.717) is 0 Å². The van der Waals surface area contributed by atoms with Crippen LogP contribution in [0.1, 0.15) is 33.1 Å². The molecule has 0 saturated carbocycles. The highest BCUT2D eigenvalue weighted by molar-refractivity contribution is 4.91. The molecule has 2 heteroatoms. The summed E-state index contributed by atoms with van der Waals surface area (Å²) in [6.45, 7) is 6.49. The van der Waals surface area contributed by atoms with Crippen LogP contribution in [0.15, 0.2) is 0 Å². The summed E-state index contributed by atoms with van der Waals surface area (Å²) in [6, 6.07) is 2.41. The van der Waals surface area contributed by atoms with Crippen LogP contribution in [-0.4, -0.2) is 24.0 Å². The zero-order chi connectivity index (χ0) is 8.97. The van der Waals surface area contributed by atoms with Gasteiger partial charge in [0.1, 0.15) is 0 Å². The molecule has 2 unspecified atom stereocenters. The first-order valence-electron chi connectivity index (χ1n) is 4.91. The molecule has 1 fully saturated rings. The topological polar surface area (TPSA) is 27.0 Å². The van der Waals surface area contributed by atoms with Crippen LogP contribution in [0.4, 0.5) is 0 Å². The zero-order valence-corrected chi connectivity index (χ0v) is 8.08. The van der Waals surface area contributed by atoms with Gasteiger partial charge in [0, 0.05) is 6.54 Å². The molecule has 0 aliphatic carbocycles. The maximum atomic E-state index is 8.72. The highest BCUT2D eigenvalue weighted by Crippen LogP contribution is 2.22. The van der Waals surface area contributed by atoms with E-state index in [-0.39, 0.29) is 6.04 Å². The lowest BCUT2D eigenvalue weighted by atomic mass is 10.0. The minimum atomic E-state index is 0.117. The number of nitriles is 1.